The van der Waals surface area contributed by atoms with Crippen molar-refractivity contribution in [3.63, 3.8) is 0 Å². The highest BCUT2D eigenvalue weighted by atomic mass is 32.1. The van der Waals surface area contributed by atoms with Crippen LogP contribution in [0, 0.1) is 0 Å². The summed E-state index contributed by atoms with van der Waals surface area (Å²) in [5.41, 5.74) is 3.32. The summed E-state index contributed by atoms with van der Waals surface area (Å²) in [6.45, 7) is 5.70. The van der Waals surface area contributed by atoms with Crippen molar-refractivity contribution >= 4 is 29.1 Å². The van der Waals surface area contributed by atoms with Gasteiger partial charge in [-0.25, -0.2) is 9.79 Å². The second-order valence-corrected chi connectivity index (χ2v) is 10.1. The number of hydrogen-bond acceptors (Lipinski definition) is 7. The van der Waals surface area contributed by atoms with E-state index in [4.69, 9.17) is 14.5 Å². The molecular weight excluding hydrogens is 524 g/mol. The number of carbonyl (C=O) groups excluding carboxylic acids is 1. The lowest BCUT2D eigenvalue weighted by atomic mass is 9.93. The van der Waals surface area contributed by atoms with Crippen molar-refractivity contribution in [3.05, 3.63) is 133 Å². The number of rotatable bonds is 8. The Hall–Kier alpha value is -4.69. The molecule has 3 aromatic carbocycles. The maximum Gasteiger partial charge on any atom is 0.338 e. The van der Waals surface area contributed by atoms with Crippen LogP contribution in [0.4, 0.5) is 0 Å². The molecule has 1 N–H and O–H groups in total. The summed E-state index contributed by atoms with van der Waals surface area (Å²) in [4.78, 5) is 32.8. The minimum absolute atomic E-state index is 0.0386. The van der Waals surface area contributed by atoms with Crippen LogP contribution in [-0.2, 0) is 16.0 Å². The van der Waals surface area contributed by atoms with Gasteiger partial charge < -0.3 is 14.6 Å². The fraction of sp³-hybridized carbons (Fsp3) is 0.156. The lowest BCUT2D eigenvalue weighted by Crippen LogP contribution is -2.40. The number of phenolic OH excluding ortho intramolecular Hbond substituents is 1. The van der Waals surface area contributed by atoms with E-state index in [1.807, 2.05) is 60.7 Å². The third-order valence-electron chi connectivity index (χ3n) is 6.55. The number of phenols is 1. The zero-order chi connectivity index (χ0) is 28.2. The summed E-state index contributed by atoms with van der Waals surface area (Å²) in [7, 11) is 1.48. The van der Waals surface area contributed by atoms with E-state index in [0.29, 0.717) is 43.9 Å². The summed E-state index contributed by atoms with van der Waals surface area (Å²) < 4.78 is 12.8. The van der Waals surface area contributed by atoms with E-state index < -0.39 is 12.0 Å². The Bertz CT molecular complexity index is 1790. The van der Waals surface area contributed by atoms with Crippen molar-refractivity contribution in [2.24, 2.45) is 4.99 Å². The predicted molar refractivity (Wildman–Crippen MR) is 156 cm³/mol. The zero-order valence-electron chi connectivity index (χ0n) is 22.2. The molecule has 4 aromatic rings. The molecule has 0 fully saturated rings. The summed E-state index contributed by atoms with van der Waals surface area (Å²) in [5.74, 6) is -0.182. The first-order valence-corrected chi connectivity index (χ1v) is 13.6. The molecule has 1 aliphatic heterocycles. The highest BCUT2D eigenvalue weighted by molar-refractivity contribution is 7.07. The van der Waals surface area contributed by atoms with Crippen LogP contribution in [-0.4, -0.2) is 29.4 Å². The normalized spacial score (nSPS) is 14.8. The largest absolute Gasteiger partial charge is 0.504 e. The van der Waals surface area contributed by atoms with Crippen molar-refractivity contribution in [1.29, 1.82) is 0 Å². The van der Waals surface area contributed by atoms with Crippen molar-refractivity contribution < 1.29 is 19.4 Å². The molecule has 0 unspecified atom stereocenters. The molecule has 0 saturated heterocycles. The van der Waals surface area contributed by atoms with Gasteiger partial charge in [0.15, 0.2) is 16.3 Å². The lowest BCUT2D eigenvalue weighted by molar-refractivity contribution is -0.138. The Kier molecular flexibility index (Phi) is 7.79. The molecule has 0 spiro atoms. The van der Waals surface area contributed by atoms with Crippen LogP contribution in [0.25, 0.3) is 11.8 Å². The van der Waals surface area contributed by atoms with E-state index in [-0.39, 0.29) is 17.9 Å². The average Bonchev–Trinajstić information content (AvgIpc) is 3.29. The number of methoxy groups -OCH3 is 1. The molecule has 1 aromatic heterocycles. The molecule has 0 aliphatic carbocycles. The zero-order valence-corrected chi connectivity index (χ0v) is 23.0. The first-order valence-electron chi connectivity index (χ1n) is 12.8. The van der Waals surface area contributed by atoms with Gasteiger partial charge in [0.05, 0.1) is 35.6 Å². The van der Waals surface area contributed by atoms with Gasteiger partial charge in [-0.3, -0.25) is 9.36 Å². The molecule has 202 valence electrons. The van der Waals surface area contributed by atoms with Crippen molar-refractivity contribution in [3.8, 4) is 11.5 Å². The summed E-state index contributed by atoms with van der Waals surface area (Å²) >= 11 is 1.24. The number of aromatic hydroxyl groups is 1. The number of nitrogens with zero attached hydrogens (tertiary/aromatic N) is 2. The van der Waals surface area contributed by atoms with E-state index in [0.717, 1.165) is 11.1 Å². The number of ether oxygens (including phenoxy) is 2. The molecule has 7 nitrogen and oxygen atoms in total. The third-order valence-corrected chi connectivity index (χ3v) is 7.53. The van der Waals surface area contributed by atoms with Gasteiger partial charge in [-0.15, -0.1) is 6.58 Å². The number of thiazole rings is 1. The Morgan fingerprint density at radius 3 is 2.48 bits per heavy atom. The standard InChI is InChI=1S/C32H28N2O5S/c1-4-12-23-17-20(18-24(38-3)29(23)35)19-25-30(36)34-28(22-15-10-7-11-16-22)26(31(37)39-5-2)27(33-32(34)40-25)21-13-8-6-9-14-21/h4,6-11,13-19,28,35H,1,5,12H2,2-3H3/b25-19+/t28-/m1/s1. The summed E-state index contributed by atoms with van der Waals surface area (Å²) in [5, 5.41) is 10.5. The highest BCUT2D eigenvalue weighted by Gasteiger charge is 2.35. The molecule has 8 heteroatoms. The monoisotopic (exact) mass is 552 g/mol. The number of aromatic nitrogens is 1. The number of carbonyl (C=O) groups is 1. The van der Waals surface area contributed by atoms with Gasteiger partial charge in [-0.05, 0) is 42.7 Å². The van der Waals surface area contributed by atoms with Gasteiger partial charge in [0, 0.05) is 11.1 Å². The second-order valence-electron chi connectivity index (χ2n) is 9.07. The van der Waals surface area contributed by atoms with E-state index in [1.54, 1.807) is 35.8 Å². The minimum atomic E-state index is -0.737. The third kappa shape index (κ3) is 5.01. The number of hydrogen-bond donors (Lipinski definition) is 1. The van der Waals surface area contributed by atoms with Gasteiger partial charge in [0.25, 0.3) is 5.56 Å². The molecule has 0 amide bonds. The smallest absolute Gasteiger partial charge is 0.338 e. The van der Waals surface area contributed by atoms with Gasteiger partial charge in [-0.1, -0.05) is 78.1 Å². The summed E-state index contributed by atoms with van der Waals surface area (Å²) in [6, 6.07) is 21.6. The van der Waals surface area contributed by atoms with Crippen LogP contribution in [0.5, 0.6) is 11.5 Å². The summed E-state index contributed by atoms with van der Waals surface area (Å²) in [6.07, 6.45) is 3.87. The number of benzene rings is 3. The van der Waals surface area contributed by atoms with Crippen LogP contribution in [0.1, 0.15) is 35.2 Å². The lowest BCUT2D eigenvalue weighted by Gasteiger charge is -2.25. The maximum absolute atomic E-state index is 14.0. The number of fused-ring (bicyclic) bond motifs is 1. The van der Waals surface area contributed by atoms with Gasteiger partial charge in [0.1, 0.15) is 0 Å². The van der Waals surface area contributed by atoms with Crippen LogP contribution >= 0.6 is 11.3 Å². The highest BCUT2D eigenvalue weighted by Crippen LogP contribution is 2.35. The number of allylic oxidation sites excluding steroid dienone is 1. The van der Waals surface area contributed by atoms with E-state index in [1.165, 1.54) is 18.4 Å². The van der Waals surface area contributed by atoms with Crippen LogP contribution < -0.4 is 19.6 Å². The van der Waals surface area contributed by atoms with E-state index >= 15 is 0 Å². The maximum atomic E-state index is 14.0. The molecule has 5 rings (SSSR count). The molecule has 40 heavy (non-hydrogen) atoms. The van der Waals surface area contributed by atoms with E-state index in [9.17, 15) is 14.7 Å². The molecule has 0 radical (unpaired) electrons. The first-order chi connectivity index (χ1) is 19.5. The SMILES string of the molecule is C=CCc1cc(/C=c2/sc3n(c2=O)[C@H](c2ccccc2)C(C(=O)OCC)=C(c2ccccc2)N=3)cc(OC)c1O. The van der Waals surface area contributed by atoms with Gasteiger partial charge in [0.2, 0.25) is 0 Å². The quantitative estimate of drug-likeness (QED) is 0.259. The topological polar surface area (TPSA) is 90.1 Å². The Labute approximate surface area is 235 Å². The Morgan fingerprint density at radius 1 is 1.12 bits per heavy atom. The van der Waals surface area contributed by atoms with Crippen molar-refractivity contribution in [2.45, 2.75) is 19.4 Å². The van der Waals surface area contributed by atoms with Crippen LogP contribution in [0.15, 0.2) is 101 Å². The predicted octanol–water partition coefficient (Wildman–Crippen LogP) is 4.38. The number of esters is 1. The first kappa shape index (κ1) is 26.9. The fourth-order valence-corrected chi connectivity index (χ4v) is 5.78. The van der Waals surface area contributed by atoms with Gasteiger partial charge in [-0.2, -0.15) is 0 Å². The molecule has 0 saturated carbocycles. The molecule has 0 bridgehead atoms. The molecule has 1 atom stereocenters. The van der Waals surface area contributed by atoms with Crippen molar-refractivity contribution in [1.82, 2.24) is 4.57 Å². The Morgan fingerprint density at radius 2 is 1.82 bits per heavy atom. The van der Waals surface area contributed by atoms with Crippen LogP contribution in [0.3, 0.4) is 0 Å². The van der Waals surface area contributed by atoms with Crippen molar-refractivity contribution in [2.75, 3.05) is 13.7 Å². The fourth-order valence-electron chi connectivity index (χ4n) is 4.78. The van der Waals surface area contributed by atoms with Crippen LogP contribution in [0.2, 0.25) is 0 Å². The Balaban J connectivity index is 1.80. The molecule has 1 aliphatic rings. The molecule has 2 heterocycles. The average molecular weight is 553 g/mol. The molecular formula is C32H28N2O5S. The van der Waals surface area contributed by atoms with Gasteiger partial charge >= 0.3 is 5.97 Å². The minimum Gasteiger partial charge on any atom is -0.504 e. The van der Waals surface area contributed by atoms with E-state index in [2.05, 4.69) is 6.58 Å². The second kappa shape index (κ2) is 11.6.